The SMILES string of the molecule is COCCCN1C(=O)c2[nH]nc(-c3cc(C)cc(C)c3O)c2C1c1cc(OC)c(OC)c(OC)c1. The van der Waals surface area contributed by atoms with E-state index in [0.29, 0.717) is 59.3 Å². The van der Waals surface area contributed by atoms with Crippen molar-refractivity contribution >= 4 is 5.91 Å². The van der Waals surface area contributed by atoms with E-state index >= 15 is 0 Å². The van der Waals surface area contributed by atoms with Gasteiger partial charge in [-0.15, -0.1) is 0 Å². The molecule has 35 heavy (non-hydrogen) atoms. The lowest BCUT2D eigenvalue weighted by molar-refractivity contribution is 0.0723. The van der Waals surface area contributed by atoms with Gasteiger partial charge in [-0.2, -0.15) is 5.10 Å². The molecule has 0 bridgehead atoms. The number of carbonyl (C=O) groups is 1. The number of methoxy groups -OCH3 is 4. The molecule has 0 spiro atoms. The molecule has 3 aromatic rings. The summed E-state index contributed by atoms with van der Waals surface area (Å²) in [5.74, 6) is 1.41. The van der Waals surface area contributed by atoms with Crippen molar-refractivity contribution in [1.82, 2.24) is 15.1 Å². The average Bonchev–Trinajstić information content (AvgIpc) is 3.39. The third kappa shape index (κ3) is 4.16. The number of hydrogen-bond donors (Lipinski definition) is 2. The Labute approximate surface area is 204 Å². The fourth-order valence-corrected chi connectivity index (χ4v) is 4.76. The van der Waals surface area contributed by atoms with Gasteiger partial charge in [-0.3, -0.25) is 9.89 Å². The molecular weight excluding hydrogens is 450 g/mol. The monoisotopic (exact) mass is 481 g/mol. The predicted molar refractivity (Wildman–Crippen MR) is 131 cm³/mol. The van der Waals surface area contributed by atoms with E-state index in [4.69, 9.17) is 18.9 Å². The third-order valence-corrected chi connectivity index (χ3v) is 6.31. The predicted octanol–water partition coefficient (Wildman–Crippen LogP) is 4.01. The zero-order valence-electron chi connectivity index (χ0n) is 20.9. The standard InChI is InChI=1S/C26H31N3O6/c1-14-10-15(2)24(30)17(11-14)21-20-22(28-27-21)26(31)29(8-7-9-32-3)23(20)16-12-18(33-4)25(35-6)19(13-16)34-5/h10-13,23,30H,7-9H2,1-6H3,(H,27,28). The molecule has 186 valence electrons. The van der Waals surface area contributed by atoms with Crippen molar-refractivity contribution in [3.05, 3.63) is 52.2 Å². The van der Waals surface area contributed by atoms with Crippen LogP contribution in [0.1, 0.15) is 45.2 Å². The molecule has 1 aliphatic heterocycles. The number of fused-ring (bicyclic) bond motifs is 1. The van der Waals surface area contributed by atoms with Crippen LogP contribution in [0.4, 0.5) is 0 Å². The zero-order chi connectivity index (χ0) is 25.3. The van der Waals surface area contributed by atoms with Crippen LogP contribution < -0.4 is 14.2 Å². The molecule has 1 aromatic heterocycles. The smallest absolute Gasteiger partial charge is 0.273 e. The van der Waals surface area contributed by atoms with Crippen molar-refractivity contribution < 1.29 is 28.8 Å². The van der Waals surface area contributed by atoms with Crippen LogP contribution in [0.25, 0.3) is 11.3 Å². The van der Waals surface area contributed by atoms with E-state index in [-0.39, 0.29) is 11.7 Å². The maximum absolute atomic E-state index is 13.5. The highest BCUT2D eigenvalue weighted by molar-refractivity contribution is 6.00. The molecule has 0 saturated carbocycles. The number of amides is 1. The summed E-state index contributed by atoms with van der Waals surface area (Å²) in [7, 11) is 6.29. The summed E-state index contributed by atoms with van der Waals surface area (Å²) in [4.78, 5) is 15.3. The maximum Gasteiger partial charge on any atom is 0.273 e. The summed E-state index contributed by atoms with van der Waals surface area (Å²) in [5.41, 5.74) is 4.70. The van der Waals surface area contributed by atoms with Gasteiger partial charge < -0.3 is 29.0 Å². The van der Waals surface area contributed by atoms with Gasteiger partial charge in [0.05, 0.1) is 27.4 Å². The minimum Gasteiger partial charge on any atom is -0.507 e. The van der Waals surface area contributed by atoms with Crippen molar-refractivity contribution in [2.75, 3.05) is 41.6 Å². The number of carbonyl (C=O) groups excluding carboxylic acids is 1. The summed E-state index contributed by atoms with van der Waals surface area (Å²) in [5, 5.41) is 18.3. The van der Waals surface area contributed by atoms with Gasteiger partial charge in [0.1, 0.15) is 17.1 Å². The van der Waals surface area contributed by atoms with Crippen LogP contribution >= 0.6 is 0 Å². The van der Waals surface area contributed by atoms with Crippen LogP contribution in [0, 0.1) is 13.8 Å². The lowest BCUT2D eigenvalue weighted by Crippen LogP contribution is -2.31. The van der Waals surface area contributed by atoms with Gasteiger partial charge in [0.2, 0.25) is 5.75 Å². The zero-order valence-corrected chi connectivity index (χ0v) is 20.9. The van der Waals surface area contributed by atoms with Gasteiger partial charge in [-0.05, 0) is 55.2 Å². The third-order valence-electron chi connectivity index (χ3n) is 6.31. The minimum absolute atomic E-state index is 0.138. The minimum atomic E-state index is -0.489. The van der Waals surface area contributed by atoms with Gasteiger partial charge >= 0.3 is 0 Å². The highest BCUT2D eigenvalue weighted by atomic mass is 16.5. The van der Waals surface area contributed by atoms with Crippen LogP contribution in [0.3, 0.4) is 0 Å². The second-order valence-corrected chi connectivity index (χ2v) is 8.54. The number of rotatable bonds is 9. The Bertz CT molecular complexity index is 1230. The number of ether oxygens (including phenoxy) is 4. The molecule has 0 saturated heterocycles. The van der Waals surface area contributed by atoms with Gasteiger partial charge in [0, 0.05) is 31.4 Å². The summed E-state index contributed by atoms with van der Waals surface area (Å²) < 4.78 is 21.9. The highest BCUT2D eigenvalue weighted by Gasteiger charge is 2.43. The maximum atomic E-state index is 13.5. The van der Waals surface area contributed by atoms with Gasteiger partial charge in [-0.1, -0.05) is 6.07 Å². The van der Waals surface area contributed by atoms with Crippen molar-refractivity contribution in [3.63, 3.8) is 0 Å². The normalized spacial score (nSPS) is 14.9. The Morgan fingerprint density at radius 1 is 1.03 bits per heavy atom. The summed E-state index contributed by atoms with van der Waals surface area (Å²) >= 11 is 0. The summed E-state index contributed by atoms with van der Waals surface area (Å²) in [6.07, 6.45) is 0.658. The number of aromatic amines is 1. The van der Waals surface area contributed by atoms with Crippen LogP contribution in [-0.2, 0) is 4.74 Å². The molecule has 4 rings (SSSR count). The molecule has 0 fully saturated rings. The quantitative estimate of drug-likeness (QED) is 0.445. The van der Waals surface area contributed by atoms with E-state index in [9.17, 15) is 9.90 Å². The van der Waals surface area contributed by atoms with Gasteiger partial charge in [-0.25, -0.2) is 0 Å². The van der Waals surface area contributed by atoms with E-state index in [2.05, 4.69) is 10.2 Å². The molecule has 0 radical (unpaired) electrons. The van der Waals surface area contributed by atoms with Crippen molar-refractivity contribution in [3.8, 4) is 34.3 Å². The molecular formula is C26H31N3O6. The summed E-state index contributed by atoms with van der Waals surface area (Å²) in [6, 6.07) is 6.98. The molecule has 2 heterocycles. The second-order valence-electron chi connectivity index (χ2n) is 8.54. The van der Waals surface area contributed by atoms with E-state index in [1.165, 1.54) is 0 Å². The molecule has 9 heteroatoms. The number of nitrogens with zero attached hydrogens (tertiary/aromatic N) is 2. The van der Waals surface area contributed by atoms with Crippen molar-refractivity contribution in [2.45, 2.75) is 26.3 Å². The first kappa shape index (κ1) is 24.4. The van der Waals surface area contributed by atoms with Gasteiger partial charge in [0.25, 0.3) is 5.91 Å². The molecule has 2 aromatic carbocycles. The van der Waals surface area contributed by atoms with E-state index in [1.807, 2.05) is 38.1 Å². The lowest BCUT2D eigenvalue weighted by atomic mass is 9.93. The molecule has 0 aliphatic carbocycles. The second kappa shape index (κ2) is 9.87. The van der Waals surface area contributed by atoms with Crippen LogP contribution in [0.15, 0.2) is 24.3 Å². The lowest BCUT2D eigenvalue weighted by Gasteiger charge is -2.27. The van der Waals surface area contributed by atoms with Crippen LogP contribution in [-0.4, -0.2) is 67.7 Å². The Balaban J connectivity index is 1.94. The molecule has 1 amide bonds. The number of phenols is 1. The number of hydrogen-bond acceptors (Lipinski definition) is 7. The molecule has 1 aliphatic rings. The molecule has 1 atom stereocenters. The topological polar surface area (TPSA) is 106 Å². The number of H-pyrrole nitrogens is 1. The Kier molecular flexibility index (Phi) is 6.88. The fraction of sp³-hybridized carbons (Fsp3) is 0.385. The van der Waals surface area contributed by atoms with E-state index in [1.54, 1.807) is 33.3 Å². The van der Waals surface area contributed by atoms with E-state index in [0.717, 1.165) is 16.7 Å². The van der Waals surface area contributed by atoms with Gasteiger partial charge in [0.15, 0.2) is 11.5 Å². The first-order chi connectivity index (χ1) is 16.9. The van der Waals surface area contributed by atoms with Crippen molar-refractivity contribution in [1.29, 1.82) is 0 Å². The molecule has 2 N–H and O–H groups in total. The van der Waals surface area contributed by atoms with Crippen LogP contribution in [0.5, 0.6) is 23.0 Å². The first-order valence-electron chi connectivity index (χ1n) is 11.3. The van der Waals surface area contributed by atoms with Crippen LogP contribution in [0.2, 0.25) is 0 Å². The number of phenolic OH excluding ortho intramolecular Hbond substituents is 1. The molecule has 9 nitrogen and oxygen atoms in total. The average molecular weight is 482 g/mol. The number of benzene rings is 2. The number of aryl methyl sites for hydroxylation is 2. The summed E-state index contributed by atoms with van der Waals surface area (Å²) in [6.45, 7) is 4.79. The Morgan fingerprint density at radius 2 is 1.71 bits per heavy atom. The number of aromatic nitrogens is 2. The Morgan fingerprint density at radius 3 is 2.31 bits per heavy atom. The fourth-order valence-electron chi connectivity index (χ4n) is 4.76. The number of nitrogens with one attached hydrogen (secondary N) is 1. The number of aromatic hydroxyl groups is 1. The molecule has 1 unspecified atom stereocenters. The first-order valence-corrected chi connectivity index (χ1v) is 11.3. The van der Waals surface area contributed by atoms with Crippen molar-refractivity contribution in [2.24, 2.45) is 0 Å². The largest absolute Gasteiger partial charge is 0.507 e. The van der Waals surface area contributed by atoms with E-state index < -0.39 is 6.04 Å². The highest BCUT2D eigenvalue weighted by Crippen LogP contribution is 2.48. The Hall–Kier alpha value is -3.72.